The van der Waals surface area contributed by atoms with Gasteiger partial charge in [-0.05, 0) is 87.7 Å². The van der Waals surface area contributed by atoms with Crippen LogP contribution in [0, 0.1) is 20.8 Å². The number of hydrogen-bond acceptors (Lipinski definition) is 5. The minimum atomic E-state index is -1.09. The van der Waals surface area contributed by atoms with Gasteiger partial charge in [-0.2, -0.15) is 0 Å². The van der Waals surface area contributed by atoms with Crippen LogP contribution in [-0.4, -0.2) is 19.1 Å². The predicted octanol–water partition coefficient (Wildman–Crippen LogP) is 7.77. The molecule has 0 aromatic heterocycles. The fourth-order valence-corrected chi connectivity index (χ4v) is 5.74. The van der Waals surface area contributed by atoms with Gasteiger partial charge in [-0.3, -0.25) is 0 Å². The van der Waals surface area contributed by atoms with Crippen LogP contribution in [0.5, 0.6) is 11.5 Å². The minimum Gasteiger partial charge on any atom is -0.456 e. The summed E-state index contributed by atoms with van der Waals surface area (Å²) in [7, 11) is 0. The fraction of sp³-hybridized carbons (Fsp3) is 0.242. The van der Waals surface area contributed by atoms with Crippen molar-refractivity contribution in [3.05, 3.63) is 112 Å². The standard InChI is InChI=1S/C33H32N2O3/c1-6-35(7-2)23-14-15-26-31(18-23)37-30-17-22(5)29(34-28-16-20(3)12-13-21(28)4)19-27(30)33(26)25-11-9-8-10-24(25)32(36)38-33/h8-19,34H,6-7H2,1-5H3. The van der Waals surface area contributed by atoms with Gasteiger partial charge in [0.2, 0.25) is 0 Å². The Morgan fingerprint density at radius 3 is 2.29 bits per heavy atom. The fourth-order valence-electron chi connectivity index (χ4n) is 5.74. The van der Waals surface area contributed by atoms with E-state index in [2.05, 4.69) is 87.3 Å². The molecular formula is C33H32N2O3. The van der Waals surface area contributed by atoms with E-state index in [0.29, 0.717) is 17.1 Å². The summed E-state index contributed by atoms with van der Waals surface area (Å²) in [4.78, 5) is 15.5. The number of ether oxygens (including phenoxy) is 2. The second kappa shape index (κ2) is 8.95. The van der Waals surface area contributed by atoms with Gasteiger partial charge in [-0.1, -0.05) is 30.3 Å². The SMILES string of the molecule is CCN(CC)c1ccc2c(c1)Oc1cc(C)c(Nc3cc(C)ccc3C)cc1C21OC(=O)c2ccccc21. The Bertz CT molecular complexity index is 1590. The zero-order valence-electron chi connectivity index (χ0n) is 22.5. The van der Waals surface area contributed by atoms with Crippen molar-refractivity contribution in [1.29, 1.82) is 0 Å². The molecule has 1 spiro atoms. The quantitative estimate of drug-likeness (QED) is 0.281. The lowest BCUT2D eigenvalue weighted by Gasteiger charge is -2.37. The van der Waals surface area contributed by atoms with Crippen molar-refractivity contribution in [3.8, 4) is 11.5 Å². The van der Waals surface area contributed by atoms with Crippen LogP contribution in [0.25, 0.3) is 0 Å². The van der Waals surface area contributed by atoms with Gasteiger partial charge < -0.3 is 19.7 Å². The molecule has 5 heteroatoms. The summed E-state index contributed by atoms with van der Waals surface area (Å²) in [6.07, 6.45) is 0. The van der Waals surface area contributed by atoms with Crippen molar-refractivity contribution in [2.75, 3.05) is 23.3 Å². The van der Waals surface area contributed by atoms with E-state index < -0.39 is 5.60 Å². The molecule has 2 heterocycles. The molecule has 4 aromatic rings. The number of rotatable bonds is 5. The lowest BCUT2D eigenvalue weighted by atomic mass is 9.77. The summed E-state index contributed by atoms with van der Waals surface area (Å²) in [6.45, 7) is 12.3. The van der Waals surface area contributed by atoms with E-state index in [-0.39, 0.29) is 5.97 Å². The Kier molecular flexibility index (Phi) is 5.68. The van der Waals surface area contributed by atoms with E-state index >= 15 is 0 Å². The largest absolute Gasteiger partial charge is 0.456 e. The van der Waals surface area contributed by atoms with Crippen LogP contribution in [-0.2, 0) is 10.3 Å². The van der Waals surface area contributed by atoms with Gasteiger partial charge >= 0.3 is 5.97 Å². The number of esters is 1. The third kappa shape index (κ3) is 3.57. The maximum atomic E-state index is 13.3. The number of fused-ring (bicyclic) bond motifs is 6. The number of benzene rings is 4. The van der Waals surface area contributed by atoms with Crippen LogP contribution < -0.4 is 15.0 Å². The van der Waals surface area contributed by atoms with Crippen LogP contribution in [0.4, 0.5) is 17.1 Å². The maximum absolute atomic E-state index is 13.3. The van der Waals surface area contributed by atoms with Crippen molar-refractivity contribution in [3.63, 3.8) is 0 Å². The van der Waals surface area contributed by atoms with E-state index in [1.165, 1.54) is 5.56 Å². The van der Waals surface area contributed by atoms with Gasteiger partial charge in [0.05, 0.1) is 5.56 Å². The molecule has 0 bridgehead atoms. The van der Waals surface area contributed by atoms with E-state index in [1.807, 2.05) is 30.3 Å². The highest BCUT2D eigenvalue weighted by Gasteiger charge is 2.53. The highest BCUT2D eigenvalue weighted by Crippen LogP contribution is 2.57. The summed E-state index contributed by atoms with van der Waals surface area (Å²) in [6, 6.07) is 24.4. The minimum absolute atomic E-state index is 0.322. The van der Waals surface area contributed by atoms with Crippen LogP contribution >= 0.6 is 0 Å². The summed E-state index contributed by atoms with van der Waals surface area (Å²) in [5.41, 5.74) is 8.45. The molecule has 6 rings (SSSR count). The Balaban J connectivity index is 1.58. The van der Waals surface area contributed by atoms with E-state index in [4.69, 9.17) is 9.47 Å². The Labute approximate surface area is 224 Å². The molecule has 38 heavy (non-hydrogen) atoms. The maximum Gasteiger partial charge on any atom is 0.340 e. The van der Waals surface area contributed by atoms with Crippen LogP contribution in [0.2, 0.25) is 0 Å². The molecule has 0 aliphatic carbocycles. The summed E-state index contributed by atoms with van der Waals surface area (Å²) >= 11 is 0. The van der Waals surface area contributed by atoms with E-state index in [1.54, 1.807) is 0 Å². The monoisotopic (exact) mass is 504 g/mol. The van der Waals surface area contributed by atoms with E-state index in [9.17, 15) is 4.79 Å². The van der Waals surface area contributed by atoms with E-state index in [0.717, 1.165) is 58.0 Å². The first-order valence-corrected chi connectivity index (χ1v) is 13.2. The highest BCUT2D eigenvalue weighted by atomic mass is 16.6. The molecule has 0 fully saturated rings. The average molecular weight is 505 g/mol. The summed E-state index contributed by atoms with van der Waals surface area (Å²) in [5, 5.41) is 3.63. The van der Waals surface area contributed by atoms with Crippen LogP contribution in [0.3, 0.4) is 0 Å². The van der Waals surface area contributed by atoms with Crippen molar-refractivity contribution in [2.24, 2.45) is 0 Å². The van der Waals surface area contributed by atoms with Gasteiger partial charge in [-0.15, -0.1) is 0 Å². The van der Waals surface area contributed by atoms with Crippen LogP contribution in [0.15, 0.2) is 72.8 Å². The highest BCUT2D eigenvalue weighted by molar-refractivity contribution is 5.97. The number of carbonyl (C=O) groups excluding carboxylic acids is 1. The van der Waals surface area contributed by atoms with Gasteiger partial charge in [0.15, 0.2) is 5.60 Å². The molecule has 1 atom stereocenters. The molecule has 0 radical (unpaired) electrons. The third-order valence-corrected chi connectivity index (χ3v) is 7.83. The molecule has 2 aliphatic rings. The lowest BCUT2D eigenvalue weighted by molar-refractivity contribution is 0.0224. The molecule has 4 aromatic carbocycles. The first kappa shape index (κ1) is 24.1. The number of nitrogens with zero attached hydrogens (tertiary/aromatic N) is 1. The molecule has 0 saturated carbocycles. The summed E-state index contributed by atoms with van der Waals surface area (Å²) < 4.78 is 13.0. The van der Waals surface area contributed by atoms with Gasteiger partial charge in [0.1, 0.15) is 11.5 Å². The molecule has 0 saturated heterocycles. The predicted molar refractivity (Wildman–Crippen MR) is 152 cm³/mol. The molecule has 5 nitrogen and oxygen atoms in total. The number of hydrogen-bond donors (Lipinski definition) is 1. The number of carbonyl (C=O) groups is 1. The Hall–Kier alpha value is -4.25. The van der Waals surface area contributed by atoms with Gasteiger partial charge in [-0.25, -0.2) is 4.79 Å². The summed E-state index contributed by atoms with van der Waals surface area (Å²) in [5.74, 6) is 1.08. The van der Waals surface area contributed by atoms with Crippen molar-refractivity contribution < 1.29 is 14.3 Å². The molecule has 192 valence electrons. The Morgan fingerprint density at radius 1 is 0.763 bits per heavy atom. The van der Waals surface area contributed by atoms with Crippen LogP contribution in [0.1, 0.15) is 57.6 Å². The first-order valence-electron chi connectivity index (χ1n) is 13.2. The molecule has 1 N–H and O–H groups in total. The second-order valence-electron chi connectivity index (χ2n) is 10.2. The number of nitrogens with one attached hydrogen (secondary N) is 1. The molecular weight excluding hydrogens is 472 g/mol. The van der Waals surface area contributed by atoms with Gasteiger partial charge in [0.25, 0.3) is 0 Å². The normalized spacial score (nSPS) is 16.8. The van der Waals surface area contributed by atoms with Crippen molar-refractivity contribution in [2.45, 2.75) is 40.2 Å². The van der Waals surface area contributed by atoms with Crippen molar-refractivity contribution >= 4 is 23.0 Å². The second-order valence-corrected chi connectivity index (χ2v) is 10.2. The average Bonchev–Trinajstić information content (AvgIpc) is 3.20. The lowest BCUT2D eigenvalue weighted by Crippen LogP contribution is -2.33. The molecule has 1 unspecified atom stereocenters. The first-order chi connectivity index (χ1) is 18.3. The zero-order valence-corrected chi connectivity index (χ0v) is 22.5. The zero-order chi connectivity index (χ0) is 26.6. The topological polar surface area (TPSA) is 50.8 Å². The van der Waals surface area contributed by atoms with Crippen molar-refractivity contribution in [1.82, 2.24) is 0 Å². The Morgan fingerprint density at radius 2 is 1.50 bits per heavy atom. The molecule has 2 aliphatic heterocycles. The molecule has 0 amide bonds. The number of anilines is 3. The smallest absolute Gasteiger partial charge is 0.340 e. The third-order valence-electron chi connectivity index (χ3n) is 7.83. The number of aryl methyl sites for hydroxylation is 3. The van der Waals surface area contributed by atoms with Gasteiger partial charge in [0, 0.05) is 52.9 Å².